The number of benzene rings is 3. The number of aromatic nitrogens is 1. The van der Waals surface area contributed by atoms with Crippen LogP contribution in [0.3, 0.4) is 0 Å². The van der Waals surface area contributed by atoms with Crippen LogP contribution in [-0.4, -0.2) is 83.6 Å². The van der Waals surface area contributed by atoms with Gasteiger partial charge in [0.2, 0.25) is 17.8 Å². The minimum absolute atomic E-state index is 0.0521. The first-order valence-corrected chi connectivity index (χ1v) is 18.5. The SMILES string of the molecule is Cc1ccc(NC2=NC3C(C=N2)CN(c2cc(C(=O)N4C[C@@H](C(=O)NCc5ccccc5)[C@H](C(=O)NCc5ccc(Cl)cc5)C4)ccc2C)C(=O)N3C)cn1. The monoisotopic (exact) mass is 759 g/mol. The molecule has 0 saturated carbocycles. The number of guanidine groups is 1. The number of pyridine rings is 1. The molecule has 0 spiro atoms. The van der Waals surface area contributed by atoms with E-state index in [1.54, 1.807) is 58.4 Å². The molecule has 14 heteroatoms. The Bertz CT molecular complexity index is 2140. The van der Waals surface area contributed by atoms with Gasteiger partial charge in [0.15, 0.2) is 0 Å². The third-order valence-corrected chi connectivity index (χ3v) is 10.5. The van der Waals surface area contributed by atoms with Gasteiger partial charge in [-0.3, -0.25) is 24.3 Å². The largest absolute Gasteiger partial charge is 0.352 e. The van der Waals surface area contributed by atoms with Gasteiger partial charge in [-0.1, -0.05) is 60.1 Å². The molecule has 1 aromatic heterocycles. The number of fused-ring (bicyclic) bond motifs is 1. The molecule has 0 bridgehead atoms. The maximum Gasteiger partial charge on any atom is 0.325 e. The van der Waals surface area contributed by atoms with Crippen molar-refractivity contribution in [2.24, 2.45) is 27.7 Å². The van der Waals surface area contributed by atoms with Crippen molar-refractivity contribution >= 4 is 58.9 Å². The van der Waals surface area contributed by atoms with Crippen LogP contribution in [0.15, 0.2) is 101 Å². The summed E-state index contributed by atoms with van der Waals surface area (Å²) < 4.78 is 0. The number of nitrogens with zero attached hydrogens (tertiary/aromatic N) is 6. The van der Waals surface area contributed by atoms with Crippen molar-refractivity contribution < 1.29 is 19.2 Å². The van der Waals surface area contributed by atoms with Crippen LogP contribution >= 0.6 is 11.6 Å². The summed E-state index contributed by atoms with van der Waals surface area (Å²) in [6.07, 6.45) is 3.03. The molecular weight excluding hydrogens is 718 g/mol. The zero-order valence-corrected chi connectivity index (χ0v) is 31.5. The molecular formula is C41H42ClN9O4. The van der Waals surface area contributed by atoms with Crippen LogP contribution in [0.4, 0.5) is 16.2 Å². The topological polar surface area (TPSA) is 152 Å². The summed E-state index contributed by atoms with van der Waals surface area (Å²) in [5.74, 6) is -2.34. The summed E-state index contributed by atoms with van der Waals surface area (Å²) >= 11 is 6.03. The minimum Gasteiger partial charge on any atom is -0.352 e. The van der Waals surface area contributed by atoms with E-state index in [4.69, 9.17) is 16.6 Å². The number of hydrogen-bond acceptors (Lipinski definition) is 8. The molecule has 4 heterocycles. The van der Waals surface area contributed by atoms with Crippen molar-refractivity contribution in [1.82, 2.24) is 25.4 Å². The molecule has 2 unspecified atom stereocenters. The lowest BCUT2D eigenvalue weighted by molar-refractivity contribution is -0.133. The Kier molecular flexibility index (Phi) is 10.9. The normalized spacial score (nSPS) is 20.5. The first-order valence-electron chi connectivity index (χ1n) is 18.1. The lowest BCUT2D eigenvalue weighted by atomic mass is 9.94. The van der Waals surface area contributed by atoms with Gasteiger partial charge < -0.3 is 25.8 Å². The Labute approximate surface area is 324 Å². The minimum atomic E-state index is -0.779. The molecule has 282 valence electrons. The van der Waals surface area contributed by atoms with Crippen molar-refractivity contribution in [1.29, 1.82) is 0 Å². The van der Waals surface area contributed by atoms with Gasteiger partial charge in [0, 0.05) is 68.0 Å². The van der Waals surface area contributed by atoms with Crippen molar-refractivity contribution in [3.05, 3.63) is 124 Å². The zero-order chi connectivity index (χ0) is 38.6. The summed E-state index contributed by atoms with van der Waals surface area (Å²) in [4.78, 5) is 73.7. The lowest BCUT2D eigenvalue weighted by Crippen LogP contribution is -2.58. The maximum atomic E-state index is 14.2. The molecule has 4 aromatic rings. The van der Waals surface area contributed by atoms with Gasteiger partial charge in [-0.15, -0.1) is 0 Å². The van der Waals surface area contributed by atoms with Gasteiger partial charge in [0.1, 0.15) is 6.17 Å². The fourth-order valence-corrected chi connectivity index (χ4v) is 7.22. The molecule has 55 heavy (non-hydrogen) atoms. The highest BCUT2D eigenvalue weighted by molar-refractivity contribution is 6.30. The van der Waals surface area contributed by atoms with E-state index < -0.39 is 18.0 Å². The fourth-order valence-electron chi connectivity index (χ4n) is 7.10. The number of carbonyl (C=O) groups is 4. The highest BCUT2D eigenvalue weighted by atomic mass is 35.5. The van der Waals surface area contributed by atoms with Crippen molar-refractivity contribution in [2.45, 2.75) is 33.1 Å². The van der Waals surface area contributed by atoms with E-state index in [1.807, 2.05) is 74.5 Å². The van der Waals surface area contributed by atoms with E-state index >= 15 is 0 Å². The highest BCUT2D eigenvalue weighted by Crippen LogP contribution is 2.32. The number of carbonyl (C=O) groups excluding carboxylic acids is 4. The van der Waals surface area contributed by atoms with Crippen LogP contribution in [0.25, 0.3) is 0 Å². The number of urea groups is 1. The molecule has 3 aliphatic heterocycles. The smallest absolute Gasteiger partial charge is 0.325 e. The summed E-state index contributed by atoms with van der Waals surface area (Å²) in [6, 6.07) is 25.4. The number of halogens is 1. The first kappa shape index (κ1) is 37.2. The second kappa shape index (κ2) is 16.1. The maximum absolute atomic E-state index is 14.2. The van der Waals surface area contributed by atoms with E-state index in [0.717, 1.165) is 28.1 Å². The Balaban J connectivity index is 1.07. The Morgan fingerprint density at radius 1 is 0.836 bits per heavy atom. The Hall–Kier alpha value is -6.08. The third-order valence-electron chi connectivity index (χ3n) is 10.2. The lowest BCUT2D eigenvalue weighted by Gasteiger charge is -2.43. The molecule has 2 fully saturated rings. The fraction of sp³-hybridized carbons (Fsp3) is 0.293. The second-order valence-corrected chi connectivity index (χ2v) is 14.5. The average Bonchev–Trinajstić information content (AvgIpc) is 3.65. The van der Waals surface area contributed by atoms with E-state index in [1.165, 1.54) is 0 Å². The van der Waals surface area contributed by atoms with Gasteiger partial charge in [0.25, 0.3) is 5.91 Å². The summed E-state index contributed by atoms with van der Waals surface area (Å²) in [5.41, 5.74) is 5.15. The van der Waals surface area contributed by atoms with Crippen LogP contribution in [-0.2, 0) is 22.7 Å². The molecule has 2 saturated heterocycles. The number of aryl methyl sites for hydroxylation is 2. The second-order valence-electron chi connectivity index (χ2n) is 14.1. The van der Waals surface area contributed by atoms with Gasteiger partial charge in [-0.2, -0.15) is 0 Å². The predicted octanol–water partition coefficient (Wildman–Crippen LogP) is 5.04. The van der Waals surface area contributed by atoms with E-state index in [2.05, 4.69) is 25.9 Å². The number of nitrogens with one attached hydrogen (secondary N) is 3. The van der Waals surface area contributed by atoms with Crippen LogP contribution < -0.4 is 20.9 Å². The molecule has 3 aliphatic rings. The van der Waals surface area contributed by atoms with Crippen molar-refractivity contribution in [3.8, 4) is 0 Å². The Morgan fingerprint density at radius 3 is 2.16 bits per heavy atom. The number of rotatable bonds is 9. The zero-order valence-electron chi connectivity index (χ0n) is 30.8. The molecule has 7 rings (SSSR count). The molecule has 0 radical (unpaired) electrons. The number of anilines is 2. The molecule has 13 nitrogen and oxygen atoms in total. The summed E-state index contributed by atoms with van der Waals surface area (Å²) in [7, 11) is 1.70. The number of aliphatic imine (C=N–C) groups is 2. The first-order chi connectivity index (χ1) is 26.5. The van der Waals surface area contributed by atoms with Crippen LogP contribution in [0.5, 0.6) is 0 Å². The van der Waals surface area contributed by atoms with Crippen LogP contribution in [0.2, 0.25) is 5.02 Å². The number of hydrogen-bond donors (Lipinski definition) is 3. The molecule has 5 amide bonds. The van der Waals surface area contributed by atoms with E-state index in [-0.39, 0.29) is 49.3 Å². The standard InChI is InChI=1S/C41H42ClN9O4/c1-25-9-13-29(17-35(25)51-22-30-20-46-40(48-36(30)49(3)41(51)55)47-32-16-10-26(2)43-21-32)39(54)50-23-33(37(52)44-18-27-7-5-4-6-8-27)34(24-50)38(53)45-19-28-11-14-31(42)15-12-28/h4-17,20-21,30,33-34,36H,18-19,22-24H2,1-3H3,(H,44,52)(H,45,53)(H,47,48)/t30?,33-,34-,36?/m1/s1. The van der Waals surface area contributed by atoms with Crippen LogP contribution in [0, 0.1) is 31.6 Å². The Morgan fingerprint density at radius 2 is 1.51 bits per heavy atom. The molecule has 3 N–H and O–H groups in total. The van der Waals surface area contributed by atoms with Gasteiger partial charge >= 0.3 is 6.03 Å². The molecule has 4 atom stereocenters. The summed E-state index contributed by atoms with van der Waals surface area (Å²) in [5, 5.41) is 9.67. The van der Waals surface area contributed by atoms with Crippen molar-refractivity contribution in [2.75, 3.05) is 36.9 Å². The third kappa shape index (κ3) is 8.36. The average molecular weight is 760 g/mol. The van der Waals surface area contributed by atoms with Gasteiger partial charge in [0.05, 0.1) is 29.6 Å². The van der Waals surface area contributed by atoms with Gasteiger partial charge in [-0.25, -0.2) is 14.8 Å². The van der Waals surface area contributed by atoms with E-state index in [0.29, 0.717) is 35.3 Å². The highest BCUT2D eigenvalue weighted by Gasteiger charge is 2.44. The summed E-state index contributed by atoms with van der Waals surface area (Å²) in [6.45, 7) is 4.75. The van der Waals surface area contributed by atoms with E-state index in [9.17, 15) is 19.2 Å². The molecule has 0 aliphatic carbocycles. The number of amides is 5. The predicted molar refractivity (Wildman–Crippen MR) is 212 cm³/mol. The van der Waals surface area contributed by atoms with Crippen molar-refractivity contribution in [3.63, 3.8) is 0 Å². The number of likely N-dealkylation sites (tertiary alicyclic amines) is 1. The quantitative estimate of drug-likeness (QED) is 0.218. The van der Waals surface area contributed by atoms with Gasteiger partial charge in [-0.05, 0) is 66.9 Å². The molecule has 3 aromatic carbocycles. The van der Waals surface area contributed by atoms with Crippen LogP contribution in [0.1, 0.15) is 32.7 Å².